The molecule has 0 radical (unpaired) electrons. The predicted octanol–water partition coefficient (Wildman–Crippen LogP) is 2.56. The molecule has 0 aromatic heterocycles. The van der Waals surface area contributed by atoms with Crippen LogP contribution in [0.5, 0.6) is 0 Å². The Bertz CT molecular complexity index is 471. The summed E-state index contributed by atoms with van der Waals surface area (Å²) in [6, 6.07) is 7.27. The summed E-state index contributed by atoms with van der Waals surface area (Å²) in [5, 5.41) is 0. The summed E-state index contributed by atoms with van der Waals surface area (Å²) in [5.41, 5.74) is 1.71. The summed E-state index contributed by atoms with van der Waals surface area (Å²) in [6.45, 7) is 4.88. The highest BCUT2D eigenvalue weighted by molar-refractivity contribution is 6.19. The number of nitrogens with zero attached hydrogens (tertiary/aromatic N) is 2. The minimum atomic E-state index is -0.195. The number of amides is 3. The Morgan fingerprint density at radius 3 is 2.72 bits per heavy atom. The smallest absolute Gasteiger partial charge is 0.315 e. The molecular formula is C14H18N2O2. The lowest BCUT2D eigenvalue weighted by molar-refractivity contribution is -0.116. The molecule has 4 nitrogen and oxygen atoms in total. The number of imide groups is 1. The Morgan fingerprint density at radius 2 is 2.06 bits per heavy atom. The van der Waals surface area contributed by atoms with E-state index in [0.717, 1.165) is 18.4 Å². The van der Waals surface area contributed by atoms with Crippen molar-refractivity contribution in [2.75, 3.05) is 18.0 Å². The first-order valence-corrected chi connectivity index (χ1v) is 6.32. The molecule has 18 heavy (non-hydrogen) atoms. The van der Waals surface area contributed by atoms with Gasteiger partial charge in [-0.2, -0.15) is 0 Å². The minimum Gasteiger partial charge on any atom is -0.315 e. The number of carbonyl (C=O) groups excluding carboxylic acids is 2. The highest BCUT2D eigenvalue weighted by Gasteiger charge is 2.36. The molecule has 1 aromatic carbocycles. The van der Waals surface area contributed by atoms with Gasteiger partial charge >= 0.3 is 6.03 Å². The third-order valence-electron chi connectivity index (χ3n) is 3.08. The Labute approximate surface area is 107 Å². The Hall–Kier alpha value is -1.84. The molecule has 1 fully saturated rings. The van der Waals surface area contributed by atoms with Gasteiger partial charge in [0, 0.05) is 6.54 Å². The van der Waals surface area contributed by atoms with Crippen LogP contribution < -0.4 is 4.90 Å². The van der Waals surface area contributed by atoms with Crippen LogP contribution in [0.15, 0.2) is 24.3 Å². The van der Waals surface area contributed by atoms with Crippen LogP contribution in [0.25, 0.3) is 0 Å². The lowest BCUT2D eigenvalue weighted by Crippen LogP contribution is -2.33. The second-order valence-corrected chi connectivity index (χ2v) is 4.63. The zero-order valence-electron chi connectivity index (χ0n) is 10.8. The van der Waals surface area contributed by atoms with Crippen LogP contribution in [-0.4, -0.2) is 29.9 Å². The van der Waals surface area contributed by atoms with Gasteiger partial charge < -0.3 is 4.90 Å². The quantitative estimate of drug-likeness (QED) is 0.766. The molecule has 1 saturated heterocycles. The standard InChI is InChI=1S/C14H18N2O2/c1-3-4-8-15-10-13(17)16(14(15)18)12-7-5-6-11(2)9-12/h5-7,9H,3-4,8,10H2,1-2H3. The van der Waals surface area contributed by atoms with Gasteiger partial charge in [-0.05, 0) is 31.0 Å². The molecule has 4 heteroatoms. The summed E-state index contributed by atoms with van der Waals surface area (Å²) in [5.74, 6) is -0.137. The van der Waals surface area contributed by atoms with Crippen molar-refractivity contribution < 1.29 is 9.59 Å². The number of anilines is 1. The first-order valence-electron chi connectivity index (χ1n) is 6.32. The van der Waals surface area contributed by atoms with Crippen molar-refractivity contribution in [3.05, 3.63) is 29.8 Å². The van der Waals surface area contributed by atoms with Crippen molar-refractivity contribution in [1.82, 2.24) is 4.90 Å². The molecule has 0 atom stereocenters. The molecule has 0 unspecified atom stereocenters. The average molecular weight is 246 g/mol. The number of urea groups is 1. The fourth-order valence-corrected chi connectivity index (χ4v) is 2.09. The van der Waals surface area contributed by atoms with E-state index < -0.39 is 0 Å². The maximum absolute atomic E-state index is 12.2. The fraction of sp³-hybridized carbons (Fsp3) is 0.429. The highest BCUT2D eigenvalue weighted by Crippen LogP contribution is 2.22. The minimum absolute atomic E-state index is 0.137. The molecule has 1 heterocycles. The zero-order valence-corrected chi connectivity index (χ0v) is 10.8. The van der Waals surface area contributed by atoms with Crippen LogP contribution >= 0.6 is 0 Å². The molecule has 96 valence electrons. The summed E-state index contributed by atoms with van der Waals surface area (Å²) >= 11 is 0. The molecule has 1 aliphatic heterocycles. The molecule has 0 spiro atoms. The van der Waals surface area contributed by atoms with E-state index in [1.54, 1.807) is 11.0 Å². The van der Waals surface area contributed by atoms with E-state index in [2.05, 4.69) is 6.92 Å². The van der Waals surface area contributed by atoms with Crippen LogP contribution in [-0.2, 0) is 4.79 Å². The van der Waals surface area contributed by atoms with Crippen LogP contribution in [0.4, 0.5) is 10.5 Å². The van der Waals surface area contributed by atoms with E-state index in [9.17, 15) is 9.59 Å². The number of hydrogen-bond donors (Lipinski definition) is 0. The largest absolute Gasteiger partial charge is 0.331 e. The first kappa shape index (κ1) is 12.6. The highest BCUT2D eigenvalue weighted by atomic mass is 16.2. The van der Waals surface area contributed by atoms with Crippen molar-refractivity contribution in [3.63, 3.8) is 0 Å². The summed E-state index contributed by atoms with van der Waals surface area (Å²) < 4.78 is 0. The van der Waals surface area contributed by atoms with Crippen LogP contribution in [0.2, 0.25) is 0 Å². The van der Waals surface area contributed by atoms with Gasteiger partial charge in [-0.25, -0.2) is 9.69 Å². The Morgan fingerprint density at radius 1 is 1.28 bits per heavy atom. The second kappa shape index (κ2) is 5.21. The van der Waals surface area contributed by atoms with Crippen molar-refractivity contribution in [2.24, 2.45) is 0 Å². The van der Waals surface area contributed by atoms with Crippen molar-refractivity contribution in [1.29, 1.82) is 0 Å². The third kappa shape index (κ3) is 2.37. The lowest BCUT2D eigenvalue weighted by atomic mass is 10.2. The normalized spacial score (nSPS) is 15.7. The van der Waals surface area contributed by atoms with Gasteiger partial charge in [0.15, 0.2) is 0 Å². The van der Waals surface area contributed by atoms with Gasteiger partial charge in [0.25, 0.3) is 5.91 Å². The van der Waals surface area contributed by atoms with Crippen LogP contribution in [0.3, 0.4) is 0 Å². The third-order valence-corrected chi connectivity index (χ3v) is 3.08. The van der Waals surface area contributed by atoms with Crippen molar-refractivity contribution in [2.45, 2.75) is 26.7 Å². The molecule has 0 N–H and O–H groups in total. The average Bonchev–Trinajstić information content (AvgIpc) is 2.62. The molecule has 1 aromatic rings. The molecule has 2 rings (SSSR count). The molecular weight excluding hydrogens is 228 g/mol. The molecule has 0 saturated carbocycles. The number of aryl methyl sites for hydroxylation is 1. The predicted molar refractivity (Wildman–Crippen MR) is 70.5 cm³/mol. The maximum atomic E-state index is 12.2. The Kier molecular flexibility index (Phi) is 3.65. The lowest BCUT2D eigenvalue weighted by Gasteiger charge is -2.17. The van der Waals surface area contributed by atoms with E-state index in [1.165, 1.54) is 4.90 Å². The van der Waals surface area contributed by atoms with E-state index in [0.29, 0.717) is 12.2 Å². The SMILES string of the molecule is CCCCN1CC(=O)N(c2cccc(C)c2)C1=O. The summed E-state index contributed by atoms with van der Waals surface area (Å²) in [6.07, 6.45) is 1.95. The number of benzene rings is 1. The zero-order chi connectivity index (χ0) is 13.1. The van der Waals surface area contributed by atoms with Gasteiger partial charge in [0.1, 0.15) is 6.54 Å². The summed E-state index contributed by atoms with van der Waals surface area (Å²) in [7, 11) is 0. The fourth-order valence-electron chi connectivity index (χ4n) is 2.09. The van der Waals surface area contributed by atoms with E-state index >= 15 is 0 Å². The molecule has 1 aliphatic rings. The van der Waals surface area contributed by atoms with Crippen molar-refractivity contribution in [3.8, 4) is 0 Å². The van der Waals surface area contributed by atoms with Crippen molar-refractivity contribution >= 4 is 17.6 Å². The van der Waals surface area contributed by atoms with E-state index in [1.807, 2.05) is 25.1 Å². The number of rotatable bonds is 4. The monoisotopic (exact) mass is 246 g/mol. The second-order valence-electron chi connectivity index (χ2n) is 4.63. The van der Waals surface area contributed by atoms with Gasteiger partial charge in [-0.15, -0.1) is 0 Å². The van der Waals surface area contributed by atoms with E-state index in [4.69, 9.17) is 0 Å². The van der Waals surface area contributed by atoms with Gasteiger partial charge in [-0.3, -0.25) is 4.79 Å². The van der Waals surface area contributed by atoms with E-state index in [-0.39, 0.29) is 18.5 Å². The first-order chi connectivity index (χ1) is 8.63. The topological polar surface area (TPSA) is 40.6 Å². The Balaban J connectivity index is 2.19. The van der Waals surface area contributed by atoms with Gasteiger partial charge in [-0.1, -0.05) is 25.5 Å². The van der Waals surface area contributed by atoms with Crippen LogP contribution in [0, 0.1) is 6.92 Å². The maximum Gasteiger partial charge on any atom is 0.331 e. The van der Waals surface area contributed by atoms with Gasteiger partial charge in [0.05, 0.1) is 5.69 Å². The number of unbranched alkanes of at least 4 members (excludes halogenated alkanes) is 1. The molecule has 0 aliphatic carbocycles. The van der Waals surface area contributed by atoms with Crippen LogP contribution in [0.1, 0.15) is 25.3 Å². The summed E-state index contributed by atoms with van der Waals surface area (Å²) in [4.78, 5) is 27.0. The van der Waals surface area contributed by atoms with Gasteiger partial charge in [0.2, 0.25) is 0 Å². The molecule has 0 bridgehead atoms. The number of carbonyl (C=O) groups is 2. The molecule has 3 amide bonds. The number of hydrogen-bond acceptors (Lipinski definition) is 2.